The van der Waals surface area contributed by atoms with E-state index in [9.17, 15) is 0 Å². The summed E-state index contributed by atoms with van der Waals surface area (Å²) in [6.45, 7) is 5.69. The zero-order valence-electron chi connectivity index (χ0n) is 10.5. The standard InChI is InChI=1S/C11H22N2O2S/c1-8-7-16-11(13-9(8)2)12-5-10(15-4)6-14-3/h8-10H,5-7H2,1-4H3,(H,12,13). The molecule has 1 fully saturated rings. The van der Waals surface area contributed by atoms with Crippen LogP contribution in [0.1, 0.15) is 13.8 Å². The fourth-order valence-electron chi connectivity index (χ4n) is 1.39. The maximum Gasteiger partial charge on any atom is 0.156 e. The van der Waals surface area contributed by atoms with Gasteiger partial charge in [0.1, 0.15) is 0 Å². The Morgan fingerprint density at radius 2 is 2.25 bits per heavy atom. The number of aliphatic imine (C=N–C) groups is 1. The summed E-state index contributed by atoms with van der Waals surface area (Å²) in [7, 11) is 3.37. The number of rotatable bonds is 5. The molecule has 0 aromatic rings. The molecule has 0 amide bonds. The molecule has 0 radical (unpaired) electrons. The van der Waals surface area contributed by atoms with Crippen LogP contribution in [0.5, 0.6) is 0 Å². The Morgan fingerprint density at radius 3 is 2.81 bits per heavy atom. The van der Waals surface area contributed by atoms with Crippen molar-refractivity contribution in [1.82, 2.24) is 5.32 Å². The van der Waals surface area contributed by atoms with Gasteiger partial charge >= 0.3 is 0 Å². The van der Waals surface area contributed by atoms with E-state index in [-0.39, 0.29) is 6.10 Å². The number of thioether (sulfide) groups is 1. The van der Waals surface area contributed by atoms with Crippen molar-refractivity contribution in [3.05, 3.63) is 0 Å². The molecule has 3 atom stereocenters. The molecular formula is C11H22N2O2S. The SMILES string of the molecule is COCC(CN=C1NC(C)C(C)CS1)OC. The van der Waals surface area contributed by atoms with Gasteiger partial charge in [-0.2, -0.15) is 0 Å². The summed E-state index contributed by atoms with van der Waals surface area (Å²) in [4.78, 5) is 4.52. The van der Waals surface area contributed by atoms with Gasteiger partial charge in [-0.05, 0) is 12.8 Å². The van der Waals surface area contributed by atoms with E-state index < -0.39 is 0 Å². The molecule has 5 heteroatoms. The topological polar surface area (TPSA) is 42.8 Å². The molecule has 94 valence electrons. The van der Waals surface area contributed by atoms with E-state index in [1.807, 2.05) is 0 Å². The van der Waals surface area contributed by atoms with Gasteiger partial charge in [-0.1, -0.05) is 18.7 Å². The molecule has 0 aromatic carbocycles. The van der Waals surface area contributed by atoms with Crippen LogP contribution in [-0.4, -0.2) is 50.4 Å². The highest BCUT2D eigenvalue weighted by Crippen LogP contribution is 2.19. The Labute approximate surface area is 102 Å². The molecule has 0 bridgehead atoms. The van der Waals surface area contributed by atoms with Crippen molar-refractivity contribution in [2.24, 2.45) is 10.9 Å². The first-order valence-corrected chi connectivity index (χ1v) is 6.61. The normalized spacial score (nSPS) is 30.1. The lowest BCUT2D eigenvalue weighted by Crippen LogP contribution is -2.41. The number of methoxy groups -OCH3 is 2. The quantitative estimate of drug-likeness (QED) is 0.795. The van der Waals surface area contributed by atoms with E-state index in [4.69, 9.17) is 9.47 Å². The molecule has 1 aliphatic rings. The van der Waals surface area contributed by atoms with Crippen molar-refractivity contribution in [3.63, 3.8) is 0 Å². The average molecular weight is 246 g/mol. The van der Waals surface area contributed by atoms with Gasteiger partial charge in [-0.15, -0.1) is 0 Å². The van der Waals surface area contributed by atoms with E-state index >= 15 is 0 Å². The number of amidine groups is 1. The third-order valence-corrected chi connectivity index (χ3v) is 4.02. The Morgan fingerprint density at radius 1 is 1.50 bits per heavy atom. The van der Waals surface area contributed by atoms with Crippen LogP contribution in [0.25, 0.3) is 0 Å². The lowest BCUT2D eigenvalue weighted by molar-refractivity contribution is 0.0344. The third-order valence-electron chi connectivity index (χ3n) is 2.81. The predicted octanol–water partition coefficient (Wildman–Crippen LogP) is 1.36. The first kappa shape index (κ1) is 13.8. The van der Waals surface area contributed by atoms with Gasteiger partial charge in [0.15, 0.2) is 5.17 Å². The van der Waals surface area contributed by atoms with Crippen molar-refractivity contribution >= 4 is 16.9 Å². The van der Waals surface area contributed by atoms with E-state index in [1.165, 1.54) is 0 Å². The first-order chi connectivity index (χ1) is 7.67. The fourth-order valence-corrected chi connectivity index (χ4v) is 2.54. The minimum Gasteiger partial charge on any atom is -0.382 e. The molecule has 0 aliphatic carbocycles. The summed E-state index contributed by atoms with van der Waals surface area (Å²) in [5.74, 6) is 1.83. The van der Waals surface area contributed by atoms with Crippen LogP contribution in [0.15, 0.2) is 4.99 Å². The van der Waals surface area contributed by atoms with E-state index in [2.05, 4.69) is 24.2 Å². The van der Waals surface area contributed by atoms with Crippen LogP contribution in [0, 0.1) is 5.92 Å². The van der Waals surface area contributed by atoms with Gasteiger partial charge in [0.25, 0.3) is 0 Å². The molecule has 0 spiro atoms. The molecular weight excluding hydrogens is 224 g/mol. The highest BCUT2D eigenvalue weighted by molar-refractivity contribution is 8.13. The molecule has 1 rings (SSSR count). The van der Waals surface area contributed by atoms with Gasteiger partial charge in [-0.3, -0.25) is 4.99 Å². The maximum absolute atomic E-state index is 5.26. The fraction of sp³-hybridized carbons (Fsp3) is 0.909. The monoisotopic (exact) mass is 246 g/mol. The summed E-state index contributed by atoms with van der Waals surface area (Å²) < 4.78 is 10.3. The van der Waals surface area contributed by atoms with Crippen LogP contribution in [0.3, 0.4) is 0 Å². The minimum atomic E-state index is 0.0505. The van der Waals surface area contributed by atoms with Gasteiger partial charge in [0, 0.05) is 26.0 Å². The summed E-state index contributed by atoms with van der Waals surface area (Å²) in [5, 5.41) is 4.44. The predicted molar refractivity (Wildman–Crippen MR) is 69.2 cm³/mol. The van der Waals surface area contributed by atoms with E-state index in [0.717, 1.165) is 10.9 Å². The molecule has 16 heavy (non-hydrogen) atoms. The van der Waals surface area contributed by atoms with E-state index in [0.29, 0.717) is 25.1 Å². The zero-order chi connectivity index (χ0) is 12.0. The van der Waals surface area contributed by atoms with Crippen LogP contribution in [0.4, 0.5) is 0 Å². The smallest absolute Gasteiger partial charge is 0.156 e. The molecule has 0 saturated carbocycles. The Kier molecular flexibility index (Phi) is 6.16. The molecule has 1 heterocycles. The van der Waals surface area contributed by atoms with Crippen molar-refractivity contribution in [3.8, 4) is 0 Å². The second-order valence-corrected chi connectivity index (χ2v) is 5.19. The van der Waals surface area contributed by atoms with Gasteiger partial charge < -0.3 is 14.8 Å². The van der Waals surface area contributed by atoms with Crippen molar-refractivity contribution in [1.29, 1.82) is 0 Å². The van der Waals surface area contributed by atoms with Crippen LogP contribution >= 0.6 is 11.8 Å². The molecule has 0 aromatic heterocycles. The summed E-state index contributed by atoms with van der Waals surface area (Å²) in [6, 6.07) is 0.503. The highest BCUT2D eigenvalue weighted by Gasteiger charge is 2.20. The van der Waals surface area contributed by atoms with Gasteiger partial charge in [0.05, 0.1) is 19.3 Å². The molecule has 1 saturated heterocycles. The van der Waals surface area contributed by atoms with Gasteiger partial charge in [-0.25, -0.2) is 0 Å². The number of ether oxygens (including phenoxy) is 2. The second kappa shape index (κ2) is 7.14. The molecule has 3 unspecified atom stereocenters. The molecule has 1 N–H and O–H groups in total. The Balaban J connectivity index is 2.38. The number of hydrogen-bond donors (Lipinski definition) is 1. The Bertz CT molecular complexity index is 236. The molecule has 4 nitrogen and oxygen atoms in total. The van der Waals surface area contributed by atoms with Crippen molar-refractivity contribution in [2.45, 2.75) is 26.0 Å². The minimum absolute atomic E-state index is 0.0505. The maximum atomic E-state index is 5.26. The van der Waals surface area contributed by atoms with Crippen molar-refractivity contribution in [2.75, 3.05) is 33.1 Å². The zero-order valence-corrected chi connectivity index (χ0v) is 11.3. The summed E-state index contributed by atoms with van der Waals surface area (Å²) in [6.07, 6.45) is 0.0505. The van der Waals surface area contributed by atoms with Crippen molar-refractivity contribution < 1.29 is 9.47 Å². The first-order valence-electron chi connectivity index (χ1n) is 5.62. The van der Waals surface area contributed by atoms with E-state index in [1.54, 1.807) is 26.0 Å². The van der Waals surface area contributed by atoms with Crippen LogP contribution < -0.4 is 5.32 Å². The third kappa shape index (κ3) is 4.31. The van der Waals surface area contributed by atoms with Crippen LogP contribution in [0.2, 0.25) is 0 Å². The summed E-state index contributed by atoms with van der Waals surface area (Å²) in [5.41, 5.74) is 0. The largest absolute Gasteiger partial charge is 0.382 e. The number of hydrogen-bond acceptors (Lipinski definition) is 4. The average Bonchev–Trinajstić information content (AvgIpc) is 2.28. The number of nitrogens with zero attached hydrogens (tertiary/aromatic N) is 1. The number of nitrogens with one attached hydrogen (secondary N) is 1. The highest BCUT2D eigenvalue weighted by atomic mass is 32.2. The van der Waals surface area contributed by atoms with Crippen LogP contribution in [-0.2, 0) is 9.47 Å². The summed E-state index contributed by atoms with van der Waals surface area (Å²) >= 11 is 1.79. The molecule has 1 aliphatic heterocycles. The van der Waals surface area contributed by atoms with Gasteiger partial charge in [0.2, 0.25) is 0 Å². The lowest BCUT2D eigenvalue weighted by atomic mass is 10.1. The second-order valence-electron chi connectivity index (χ2n) is 4.18. The lowest BCUT2D eigenvalue weighted by Gasteiger charge is -2.28. The Hall–Kier alpha value is -0.260.